The van der Waals surface area contributed by atoms with Gasteiger partial charge in [-0.1, -0.05) is 32.0 Å². The van der Waals surface area contributed by atoms with Crippen molar-refractivity contribution in [3.05, 3.63) is 65.7 Å². The summed E-state index contributed by atoms with van der Waals surface area (Å²) < 4.78 is 0. The number of rotatable bonds is 5. The number of hydrogen-bond donors (Lipinski definition) is 2. The highest BCUT2D eigenvalue weighted by molar-refractivity contribution is 5.96. The third kappa shape index (κ3) is 5.59. The maximum absolute atomic E-state index is 12.5. The van der Waals surface area contributed by atoms with Gasteiger partial charge in [-0.2, -0.15) is 0 Å². The summed E-state index contributed by atoms with van der Waals surface area (Å²) in [5, 5.41) is 5.72. The molecule has 4 amide bonds. The number of nitrogens with one attached hydrogen (secondary N) is 2. The molecule has 0 unspecified atom stereocenters. The fourth-order valence-corrected chi connectivity index (χ4v) is 3.18. The third-order valence-corrected chi connectivity index (χ3v) is 4.94. The van der Waals surface area contributed by atoms with Gasteiger partial charge in [0, 0.05) is 49.5 Å². The molecule has 1 fully saturated rings. The highest BCUT2D eigenvalue weighted by atomic mass is 16.2. The highest BCUT2D eigenvalue weighted by Gasteiger charge is 2.24. The summed E-state index contributed by atoms with van der Waals surface area (Å²) >= 11 is 0. The summed E-state index contributed by atoms with van der Waals surface area (Å²) in [5.74, 6) is 0.249. The number of urea groups is 1. The molecule has 0 atom stereocenters. The van der Waals surface area contributed by atoms with Crippen LogP contribution in [0.3, 0.4) is 0 Å². The Morgan fingerprint density at radius 1 is 0.833 bits per heavy atom. The quantitative estimate of drug-likeness (QED) is 0.798. The summed E-state index contributed by atoms with van der Waals surface area (Å²) in [5.41, 5.74) is 1.85. The van der Waals surface area contributed by atoms with Crippen LogP contribution >= 0.6 is 0 Å². The molecule has 158 valence electrons. The Bertz CT molecular complexity index is 873. The molecule has 0 spiro atoms. The van der Waals surface area contributed by atoms with Gasteiger partial charge in [0.05, 0.1) is 0 Å². The first-order valence-corrected chi connectivity index (χ1v) is 10.2. The molecule has 2 N–H and O–H groups in total. The van der Waals surface area contributed by atoms with Crippen LogP contribution in [0, 0.1) is 5.92 Å². The van der Waals surface area contributed by atoms with Crippen molar-refractivity contribution in [3.8, 4) is 0 Å². The molecular formula is C23H28N4O3. The summed E-state index contributed by atoms with van der Waals surface area (Å²) in [6, 6.07) is 15.8. The van der Waals surface area contributed by atoms with Crippen molar-refractivity contribution in [1.29, 1.82) is 0 Å². The van der Waals surface area contributed by atoms with Crippen molar-refractivity contribution in [2.45, 2.75) is 13.8 Å². The number of carbonyl (C=O) groups is 3. The van der Waals surface area contributed by atoms with Crippen LogP contribution < -0.4 is 10.6 Å². The molecule has 1 aliphatic rings. The van der Waals surface area contributed by atoms with Crippen molar-refractivity contribution >= 4 is 23.5 Å². The van der Waals surface area contributed by atoms with Gasteiger partial charge in [0.2, 0.25) is 0 Å². The minimum absolute atomic E-state index is 0.0120. The molecule has 3 rings (SSSR count). The molecule has 30 heavy (non-hydrogen) atoms. The molecule has 2 aromatic rings. The largest absolute Gasteiger partial charge is 0.352 e. The minimum Gasteiger partial charge on any atom is -0.352 e. The smallest absolute Gasteiger partial charge is 0.321 e. The van der Waals surface area contributed by atoms with Gasteiger partial charge in [-0.25, -0.2) is 4.79 Å². The Morgan fingerprint density at radius 3 is 2.03 bits per heavy atom. The third-order valence-electron chi connectivity index (χ3n) is 4.94. The Balaban J connectivity index is 1.49. The number of hydrogen-bond acceptors (Lipinski definition) is 3. The summed E-state index contributed by atoms with van der Waals surface area (Å²) in [6.45, 7) is 6.63. The van der Waals surface area contributed by atoms with Gasteiger partial charge in [0.1, 0.15) is 0 Å². The molecule has 0 radical (unpaired) electrons. The predicted molar refractivity (Wildman–Crippen MR) is 117 cm³/mol. The van der Waals surface area contributed by atoms with Crippen molar-refractivity contribution in [3.63, 3.8) is 0 Å². The van der Waals surface area contributed by atoms with Gasteiger partial charge in [0.25, 0.3) is 11.8 Å². The van der Waals surface area contributed by atoms with Crippen LogP contribution in [0.2, 0.25) is 0 Å². The van der Waals surface area contributed by atoms with Crippen molar-refractivity contribution in [2.75, 3.05) is 38.0 Å². The van der Waals surface area contributed by atoms with E-state index in [1.807, 2.05) is 32.0 Å². The van der Waals surface area contributed by atoms with E-state index in [2.05, 4.69) is 10.6 Å². The van der Waals surface area contributed by atoms with Crippen LogP contribution in [0.5, 0.6) is 0 Å². The van der Waals surface area contributed by atoms with Crippen LogP contribution in [0.1, 0.15) is 34.6 Å². The predicted octanol–water partition coefficient (Wildman–Crippen LogP) is 3.06. The molecule has 7 nitrogen and oxygen atoms in total. The van der Waals surface area contributed by atoms with Gasteiger partial charge in [-0.3, -0.25) is 9.59 Å². The zero-order valence-electron chi connectivity index (χ0n) is 17.4. The van der Waals surface area contributed by atoms with E-state index in [0.717, 1.165) is 0 Å². The second-order valence-electron chi connectivity index (χ2n) is 7.76. The maximum Gasteiger partial charge on any atom is 0.321 e. The average molecular weight is 409 g/mol. The molecule has 0 aromatic heterocycles. The van der Waals surface area contributed by atoms with E-state index in [4.69, 9.17) is 0 Å². The number of carbonyl (C=O) groups excluding carboxylic acids is 3. The maximum atomic E-state index is 12.5. The number of nitrogens with zero attached hydrogens (tertiary/aromatic N) is 2. The lowest BCUT2D eigenvalue weighted by Gasteiger charge is -2.34. The van der Waals surface area contributed by atoms with Crippen LogP contribution in [0.25, 0.3) is 0 Å². The Morgan fingerprint density at radius 2 is 1.43 bits per heavy atom. The zero-order chi connectivity index (χ0) is 21.5. The van der Waals surface area contributed by atoms with Gasteiger partial charge in [0.15, 0.2) is 0 Å². The molecule has 2 aromatic carbocycles. The number of benzene rings is 2. The number of anilines is 1. The van der Waals surface area contributed by atoms with Gasteiger partial charge in [-0.15, -0.1) is 0 Å². The van der Waals surface area contributed by atoms with E-state index in [1.54, 1.807) is 46.2 Å². The summed E-state index contributed by atoms with van der Waals surface area (Å²) in [4.78, 5) is 40.6. The van der Waals surface area contributed by atoms with Crippen molar-refractivity contribution in [1.82, 2.24) is 15.1 Å². The topological polar surface area (TPSA) is 81.8 Å². The molecule has 0 bridgehead atoms. The van der Waals surface area contributed by atoms with E-state index < -0.39 is 0 Å². The van der Waals surface area contributed by atoms with Gasteiger partial charge < -0.3 is 20.4 Å². The van der Waals surface area contributed by atoms with Gasteiger partial charge in [-0.05, 0) is 42.3 Å². The summed E-state index contributed by atoms with van der Waals surface area (Å²) in [7, 11) is 0. The van der Waals surface area contributed by atoms with Crippen LogP contribution in [0.4, 0.5) is 10.5 Å². The second kappa shape index (κ2) is 9.91. The molecule has 1 saturated heterocycles. The molecule has 7 heteroatoms. The summed E-state index contributed by atoms with van der Waals surface area (Å²) in [6.07, 6.45) is 0. The Hall–Kier alpha value is -3.35. The molecule has 1 aliphatic heterocycles. The SMILES string of the molecule is CC(C)CNC(=O)c1ccc(NC(=O)N2CCN(C(=O)c3ccccc3)CC2)cc1. The van der Waals surface area contributed by atoms with E-state index in [1.165, 1.54) is 0 Å². The zero-order valence-corrected chi connectivity index (χ0v) is 17.4. The van der Waals surface area contributed by atoms with E-state index in [9.17, 15) is 14.4 Å². The number of amides is 4. The van der Waals surface area contributed by atoms with Gasteiger partial charge >= 0.3 is 6.03 Å². The average Bonchev–Trinajstić information content (AvgIpc) is 2.78. The molecule has 0 saturated carbocycles. The Labute approximate surface area is 177 Å². The Kier molecular flexibility index (Phi) is 7.06. The second-order valence-corrected chi connectivity index (χ2v) is 7.76. The van der Waals surface area contributed by atoms with Crippen LogP contribution in [0.15, 0.2) is 54.6 Å². The van der Waals surface area contributed by atoms with Crippen LogP contribution in [-0.2, 0) is 0 Å². The first-order chi connectivity index (χ1) is 14.4. The fraction of sp³-hybridized carbons (Fsp3) is 0.348. The first kappa shape index (κ1) is 21.4. The lowest BCUT2D eigenvalue weighted by Crippen LogP contribution is -2.51. The van der Waals surface area contributed by atoms with E-state index in [-0.39, 0.29) is 17.8 Å². The van der Waals surface area contributed by atoms with E-state index in [0.29, 0.717) is 55.5 Å². The van der Waals surface area contributed by atoms with Crippen molar-refractivity contribution in [2.24, 2.45) is 5.92 Å². The molecular weight excluding hydrogens is 380 g/mol. The normalized spacial score (nSPS) is 13.8. The fourth-order valence-electron chi connectivity index (χ4n) is 3.18. The van der Waals surface area contributed by atoms with E-state index >= 15 is 0 Å². The minimum atomic E-state index is -0.209. The lowest BCUT2D eigenvalue weighted by atomic mass is 10.1. The lowest BCUT2D eigenvalue weighted by molar-refractivity contribution is 0.0671. The highest BCUT2D eigenvalue weighted by Crippen LogP contribution is 2.13. The number of piperazine rings is 1. The molecule has 0 aliphatic carbocycles. The monoisotopic (exact) mass is 408 g/mol. The van der Waals surface area contributed by atoms with Crippen molar-refractivity contribution < 1.29 is 14.4 Å². The van der Waals surface area contributed by atoms with Crippen LogP contribution in [-0.4, -0.2) is 60.4 Å². The standard InChI is InChI=1S/C23H28N4O3/c1-17(2)16-24-21(28)18-8-10-20(11-9-18)25-23(30)27-14-12-26(13-15-27)22(29)19-6-4-3-5-7-19/h3-11,17H,12-16H2,1-2H3,(H,24,28)(H,25,30). The first-order valence-electron chi connectivity index (χ1n) is 10.2. The molecule has 1 heterocycles.